The van der Waals surface area contributed by atoms with Gasteiger partial charge in [-0.05, 0) is 42.0 Å². The van der Waals surface area contributed by atoms with Crippen LogP contribution in [0.15, 0.2) is 65.6 Å². The van der Waals surface area contributed by atoms with Crippen molar-refractivity contribution in [3.63, 3.8) is 0 Å². The molecule has 0 aliphatic rings. The Morgan fingerprint density at radius 3 is 2.49 bits per heavy atom. The van der Waals surface area contributed by atoms with E-state index < -0.39 is 39.8 Å². The largest absolute Gasteiger partial charge is 0.416 e. The van der Waals surface area contributed by atoms with Crippen LogP contribution in [0.5, 0.6) is 0 Å². The summed E-state index contributed by atoms with van der Waals surface area (Å²) in [5, 5.41) is 0.534. The number of aromatic nitrogens is 2. The zero-order valence-electron chi connectivity index (χ0n) is 18.0. The maximum atomic E-state index is 13.7. The number of H-pyrrole nitrogens is 1. The minimum absolute atomic E-state index is 0.0151. The molecule has 0 spiro atoms. The van der Waals surface area contributed by atoms with Crippen molar-refractivity contribution in [2.24, 2.45) is 0 Å². The standard InChI is InChI=1S/C23H17ClF3N3O4S/c1-35(33,34)29-22(32)20-19(15-6-4-10-28-21(15)31)16-11-14(24)8-9-18(16)30(20)12-13-5-2-3-7-17(13)23(25,26)27/h2-11H,12H2,1H3,(H,28,31)(H,29,32). The van der Waals surface area contributed by atoms with Gasteiger partial charge in [-0.1, -0.05) is 29.8 Å². The third-order valence-corrected chi connectivity index (χ3v) is 6.05. The van der Waals surface area contributed by atoms with E-state index in [1.165, 1.54) is 59.3 Å². The van der Waals surface area contributed by atoms with Gasteiger partial charge in [-0.3, -0.25) is 9.59 Å². The normalized spacial score (nSPS) is 12.1. The molecule has 0 atom stereocenters. The number of benzene rings is 2. The number of hydrogen-bond acceptors (Lipinski definition) is 4. The highest BCUT2D eigenvalue weighted by molar-refractivity contribution is 7.89. The zero-order valence-corrected chi connectivity index (χ0v) is 19.6. The van der Waals surface area contributed by atoms with Crippen LogP contribution >= 0.6 is 11.6 Å². The van der Waals surface area contributed by atoms with Crippen LogP contribution in [-0.4, -0.2) is 30.1 Å². The zero-order chi connectivity index (χ0) is 25.5. The van der Waals surface area contributed by atoms with Crippen LogP contribution in [0.4, 0.5) is 13.2 Å². The molecule has 2 aromatic carbocycles. The van der Waals surface area contributed by atoms with Crippen LogP contribution in [0.3, 0.4) is 0 Å². The molecule has 0 bridgehead atoms. The Kier molecular flexibility index (Phi) is 6.24. The molecule has 4 rings (SSSR count). The first-order valence-electron chi connectivity index (χ1n) is 10.0. The topological polar surface area (TPSA) is 101 Å². The van der Waals surface area contributed by atoms with Crippen molar-refractivity contribution in [2.45, 2.75) is 12.7 Å². The fraction of sp³-hybridized carbons (Fsp3) is 0.130. The van der Waals surface area contributed by atoms with Gasteiger partial charge < -0.3 is 9.55 Å². The monoisotopic (exact) mass is 523 g/mol. The molecule has 1 amide bonds. The molecular formula is C23H17ClF3N3O4S. The lowest BCUT2D eigenvalue weighted by molar-refractivity contribution is -0.138. The van der Waals surface area contributed by atoms with Gasteiger partial charge in [-0.15, -0.1) is 0 Å². The molecule has 2 N–H and O–H groups in total. The van der Waals surface area contributed by atoms with Gasteiger partial charge in [0.15, 0.2) is 0 Å². The third kappa shape index (κ3) is 4.96. The van der Waals surface area contributed by atoms with Crippen LogP contribution in [0.2, 0.25) is 5.02 Å². The van der Waals surface area contributed by atoms with E-state index in [0.717, 1.165) is 12.3 Å². The number of nitrogens with one attached hydrogen (secondary N) is 2. The van der Waals surface area contributed by atoms with Crippen molar-refractivity contribution in [3.05, 3.63) is 93.0 Å². The molecular weight excluding hydrogens is 507 g/mol. The first-order chi connectivity index (χ1) is 16.4. The van der Waals surface area contributed by atoms with Crippen LogP contribution in [-0.2, 0) is 22.7 Å². The summed E-state index contributed by atoms with van der Waals surface area (Å²) < 4.78 is 67.9. The fourth-order valence-electron chi connectivity index (χ4n) is 3.94. The third-order valence-electron chi connectivity index (χ3n) is 5.26. The van der Waals surface area contributed by atoms with Gasteiger partial charge in [-0.25, -0.2) is 13.1 Å². The van der Waals surface area contributed by atoms with E-state index in [4.69, 9.17) is 11.6 Å². The molecule has 7 nitrogen and oxygen atoms in total. The fourth-order valence-corrected chi connectivity index (χ4v) is 4.55. The van der Waals surface area contributed by atoms with E-state index >= 15 is 0 Å². The number of pyridine rings is 1. The van der Waals surface area contributed by atoms with Crippen molar-refractivity contribution >= 4 is 38.4 Å². The number of fused-ring (bicyclic) bond motifs is 1. The Bertz CT molecular complexity index is 1630. The maximum absolute atomic E-state index is 13.7. The Balaban J connectivity index is 2.10. The highest BCUT2D eigenvalue weighted by Crippen LogP contribution is 2.38. The first-order valence-corrected chi connectivity index (χ1v) is 12.3. The Hall–Kier alpha value is -3.57. The summed E-state index contributed by atoms with van der Waals surface area (Å²) in [5.41, 5.74) is -1.63. The number of rotatable bonds is 5. The van der Waals surface area contributed by atoms with Crippen LogP contribution in [0.1, 0.15) is 21.6 Å². The number of nitrogens with zero attached hydrogens (tertiary/aromatic N) is 1. The second-order valence-electron chi connectivity index (χ2n) is 7.74. The molecule has 12 heteroatoms. The lowest BCUT2D eigenvalue weighted by atomic mass is 10.0. The molecule has 2 heterocycles. The van der Waals surface area contributed by atoms with Gasteiger partial charge in [0.25, 0.3) is 11.5 Å². The molecule has 0 saturated carbocycles. The molecule has 0 aliphatic carbocycles. The summed E-state index contributed by atoms with van der Waals surface area (Å²) >= 11 is 6.17. The maximum Gasteiger partial charge on any atom is 0.416 e. The number of alkyl halides is 3. The van der Waals surface area contributed by atoms with Gasteiger partial charge in [0, 0.05) is 39.8 Å². The van der Waals surface area contributed by atoms with E-state index in [9.17, 15) is 31.2 Å². The summed E-state index contributed by atoms with van der Waals surface area (Å²) in [7, 11) is -4.05. The lowest BCUT2D eigenvalue weighted by Gasteiger charge is -2.16. The quantitative estimate of drug-likeness (QED) is 0.405. The van der Waals surface area contributed by atoms with Crippen molar-refractivity contribution in [2.75, 3.05) is 6.26 Å². The number of hydrogen-bond donors (Lipinski definition) is 2. The Morgan fingerprint density at radius 1 is 1.11 bits per heavy atom. The molecule has 182 valence electrons. The van der Waals surface area contributed by atoms with Crippen LogP contribution in [0, 0.1) is 0 Å². The molecule has 0 saturated heterocycles. The first kappa shape index (κ1) is 24.6. The van der Waals surface area contributed by atoms with E-state index in [-0.39, 0.29) is 38.3 Å². The van der Waals surface area contributed by atoms with E-state index in [0.29, 0.717) is 0 Å². The van der Waals surface area contributed by atoms with E-state index in [1.54, 1.807) is 0 Å². The molecule has 4 aromatic rings. The predicted molar refractivity (Wildman–Crippen MR) is 126 cm³/mol. The number of amides is 1. The van der Waals surface area contributed by atoms with Gasteiger partial charge in [0.05, 0.1) is 11.8 Å². The summed E-state index contributed by atoms with van der Waals surface area (Å²) in [4.78, 5) is 28.4. The Morgan fingerprint density at radius 2 is 1.83 bits per heavy atom. The molecule has 2 aromatic heterocycles. The van der Waals surface area contributed by atoms with Crippen molar-refractivity contribution in [3.8, 4) is 11.1 Å². The van der Waals surface area contributed by atoms with Crippen molar-refractivity contribution < 1.29 is 26.4 Å². The summed E-state index contributed by atoms with van der Waals surface area (Å²) in [6.45, 7) is -0.439. The van der Waals surface area contributed by atoms with Gasteiger partial charge in [-0.2, -0.15) is 13.2 Å². The number of carbonyl (C=O) groups excluding carboxylic acids is 1. The molecule has 0 radical (unpaired) electrons. The minimum atomic E-state index is -4.67. The average Bonchev–Trinajstić information content (AvgIpc) is 3.05. The number of carbonyl (C=O) groups is 1. The van der Waals surface area contributed by atoms with Gasteiger partial charge in [0.1, 0.15) is 5.69 Å². The predicted octanol–water partition coefficient (Wildman–Crippen LogP) is 4.41. The summed E-state index contributed by atoms with van der Waals surface area (Å²) in [6.07, 6.45) is -2.53. The summed E-state index contributed by atoms with van der Waals surface area (Å²) in [6, 6.07) is 12.2. The van der Waals surface area contributed by atoms with Gasteiger partial charge in [0.2, 0.25) is 10.0 Å². The van der Waals surface area contributed by atoms with E-state index in [1.807, 2.05) is 4.72 Å². The molecule has 0 aliphatic heterocycles. The SMILES string of the molecule is CS(=O)(=O)NC(=O)c1c(-c2ccc[nH]c2=O)c2cc(Cl)ccc2n1Cc1ccccc1C(F)(F)F. The summed E-state index contributed by atoms with van der Waals surface area (Å²) in [5.74, 6) is -1.11. The highest BCUT2D eigenvalue weighted by Gasteiger charge is 2.34. The average molecular weight is 524 g/mol. The molecule has 0 fully saturated rings. The van der Waals surface area contributed by atoms with Gasteiger partial charge >= 0.3 is 6.18 Å². The highest BCUT2D eigenvalue weighted by atomic mass is 35.5. The molecule has 35 heavy (non-hydrogen) atoms. The number of aromatic amines is 1. The second-order valence-corrected chi connectivity index (χ2v) is 9.93. The lowest BCUT2D eigenvalue weighted by Crippen LogP contribution is -2.32. The minimum Gasteiger partial charge on any atom is -0.331 e. The molecule has 0 unspecified atom stereocenters. The Labute approximate surface area is 202 Å². The van der Waals surface area contributed by atoms with Crippen molar-refractivity contribution in [1.29, 1.82) is 0 Å². The van der Waals surface area contributed by atoms with Crippen molar-refractivity contribution in [1.82, 2.24) is 14.3 Å². The smallest absolute Gasteiger partial charge is 0.331 e. The van der Waals surface area contributed by atoms with Crippen LogP contribution in [0.25, 0.3) is 22.0 Å². The number of halogens is 4. The van der Waals surface area contributed by atoms with E-state index in [2.05, 4.69) is 4.98 Å². The second kappa shape index (κ2) is 8.90. The number of sulfonamides is 1. The van der Waals surface area contributed by atoms with Crippen LogP contribution < -0.4 is 10.3 Å².